The number of carbonyl (C=O) groups is 1. The highest BCUT2D eigenvalue weighted by Gasteiger charge is 2.39. The van der Waals surface area contributed by atoms with Gasteiger partial charge in [-0.05, 0) is 61.2 Å². The maximum absolute atomic E-state index is 13.5. The molecule has 37 heavy (non-hydrogen) atoms. The molecule has 1 fully saturated rings. The third-order valence-electron chi connectivity index (χ3n) is 6.83. The Morgan fingerprint density at radius 2 is 1.81 bits per heavy atom. The number of fused-ring (bicyclic) bond motifs is 1. The van der Waals surface area contributed by atoms with Crippen LogP contribution in [0.4, 0.5) is 11.6 Å². The van der Waals surface area contributed by atoms with E-state index in [4.69, 9.17) is 10.7 Å². The molecule has 1 saturated heterocycles. The molecule has 0 aliphatic carbocycles. The highest BCUT2D eigenvalue weighted by Crippen LogP contribution is 2.39. The average Bonchev–Trinajstić information content (AvgIpc) is 3.14. The van der Waals surface area contributed by atoms with Crippen molar-refractivity contribution >= 4 is 38.3 Å². The Bertz CT molecular complexity index is 1610. The number of carbonyl (C=O) groups excluding carboxylic acids is 1. The Morgan fingerprint density at radius 3 is 2.54 bits per heavy atom. The van der Waals surface area contributed by atoms with Gasteiger partial charge in [-0.3, -0.25) is 4.79 Å². The molecule has 0 saturated carbocycles. The van der Waals surface area contributed by atoms with Gasteiger partial charge in [0, 0.05) is 23.8 Å². The van der Waals surface area contributed by atoms with Crippen molar-refractivity contribution in [3.8, 4) is 11.3 Å². The molecule has 190 valence electrons. The first-order valence-electron chi connectivity index (χ1n) is 12.1. The molecular formula is C28H29N5O3S. The molecule has 1 aliphatic heterocycles. The fourth-order valence-electron chi connectivity index (χ4n) is 5.25. The van der Waals surface area contributed by atoms with Crippen molar-refractivity contribution in [1.82, 2.24) is 14.7 Å². The number of sulfonamides is 1. The van der Waals surface area contributed by atoms with Gasteiger partial charge in [0.05, 0.1) is 11.3 Å². The van der Waals surface area contributed by atoms with Gasteiger partial charge in [0.25, 0.3) is 15.9 Å². The van der Waals surface area contributed by atoms with Crippen LogP contribution in [-0.4, -0.2) is 36.4 Å². The van der Waals surface area contributed by atoms with Gasteiger partial charge in [0.1, 0.15) is 16.5 Å². The molecule has 9 heteroatoms. The Hall–Kier alpha value is -3.98. The first-order chi connectivity index (χ1) is 17.6. The quantitative estimate of drug-likeness (QED) is 0.398. The number of pyridine rings is 2. The number of anilines is 2. The van der Waals surface area contributed by atoms with Crippen LogP contribution in [0, 0.1) is 5.92 Å². The second kappa shape index (κ2) is 9.15. The number of benzene rings is 2. The van der Waals surface area contributed by atoms with E-state index >= 15 is 0 Å². The predicted molar refractivity (Wildman–Crippen MR) is 146 cm³/mol. The maximum atomic E-state index is 13.5. The van der Waals surface area contributed by atoms with Gasteiger partial charge in [-0.1, -0.05) is 49.4 Å². The summed E-state index contributed by atoms with van der Waals surface area (Å²) in [5.41, 5.74) is 7.32. The molecule has 3 N–H and O–H groups in total. The van der Waals surface area contributed by atoms with E-state index < -0.39 is 15.9 Å². The van der Waals surface area contributed by atoms with Crippen molar-refractivity contribution in [3.05, 3.63) is 78.5 Å². The third-order valence-corrected chi connectivity index (χ3v) is 8.21. The number of aromatic nitrogens is 2. The second-order valence-corrected chi connectivity index (χ2v) is 11.8. The van der Waals surface area contributed by atoms with E-state index in [0.29, 0.717) is 24.0 Å². The van der Waals surface area contributed by atoms with Gasteiger partial charge in [0.2, 0.25) is 0 Å². The molecule has 3 heterocycles. The fourth-order valence-corrected chi connectivity index (χ4v) is 6.30. The first kappa shape index (κ1) is 24.7. The van der Waals surface area contributed by atoms with E-state index in [9.17, 15) is 13.2 Å². The summed E-state index contributed by atoms with van der Waals surface area (Å²) in [4.78, 5) is 24.1. The smallest absolute Gasteiger partial charge is 0.268 e. The van der Waals surface area contributed by atoms with Crippen LogP contribution in [0.5, 0.6) is 0 Å². The monoisotopic (exact) mass is 515 g/mol. The Balaban J connectivity index is 1.62. The van der Waals surface area contributed by atoms with E-state index in [1.807, 2.05) is 42.5 Å². The summed E-state index contributed by atoms with van der Waals surface area (Å²) in [5.74, 6) is -0.119. The highest BCUT2D eigenvalue weighted by molar-refractivity contribution is 7.90. The Labute approximate surface area is 216 Å². The van der Waals surface area contributed by atoms with E-state index in [1.165, 1.54) is 18.3 Å². The third kappa shape index (κ3) is 4.62. The number of hydrogen-bond donors (Lipinski definition) is 2. The summed E-state index contributed by atoms with van der Waals surface area (Å²) in [6, 6.07) is 20.3. The molecule has 1 amide bonds. The van der Waals surface area contributed by atoms with E-state index in [0.717, 1.165) is 22.8 Å². The van der Waals surface area contributed by atoms with Crippen molar-refractivity contribution in [2.75, 3.05) is 17.2 Å². The van der Waals surface area contributed by atoms with Crippen molar-refractivity contribution in [3.63, 3.8) is 0 Å². The Morgan fingerprint density at radius 1 is 1.05 bits per heavy atom. The van der Waals surface area contributed by atoms with Gasteiger partial charge in [-0.15, -0.1) is 0 Å². The lowest BCUT2D eigenvalue weighted by molar-refractivity contribution is 0.0981. The standard InChI is InChI=1S/C28H29N5O3S/c1-18-16-28(2,3)33(17-18)26-22(27(34)32-37(35,36)24-12-7-15-30-25(24)29)13-14-23(31-26)21-11-6-9-19-8-4-5-10-20(19)21/h4-15,18H,16-17H2,1-3H3,(H2,29,30)(H,32,34)/t18-/m0/s1. The van der Waals surface area contributed by atoms with Gasteiger partial charge in [-0.2, -0.15) is 0 Å². The fraction of sp³-hybridized carbons (Fsp3) is 0.250. The number of hydrogen-bond acceptors (Lipinski definition) is 7. The van der Waals surface area contributed by atoms with Crippen LogP contribution in [0.25, 0.3) is 22.0 Å². The van der Waals surface area contributed by atoms with Crippen molar-refractivity contribution in [1.29, 1.82) is 0 Å². The molecular weight excluding hydrogens is 486 g/mol. The molecule has 5 rings (SSSR count). The lowest BCUT2D eigenvalue weighted by Crippen LogP contribution is -2.41. The SMILES string of the molecule is C[C@@H]1CN(c2nc(-c3cccc4ccccc34)ccc2C(=O)NS(=O)(=O)c2cccnc2N)C(C)(C)C1. The van der Waals surface area contributed by atoms with Gasteiger partial charge in [0.15, 0.2) is 0 Å². The van der Waals surface area contributed by atoms with Crippen LogP contribution in [0.15, 0.2) is 77.8 Å². The molecule has 0 spiro atoms. The summed E-state index contributed by atoms with van der Waals surface area (Å²) in [7, 11) is -4.24. The summed E-state index contributed by atoms with van der Waals surface area (Å²) in [5, 5.41) is 2.13. The van der Waals surface area contributed by atoms with E-state index in [2.05, 4.69) is 35.4 Å². The van der Waals surface area contributed by atoms with E-state index in [1.54, 1.807) is 12.1 Å². The number of nitrogens with two attached hydrogens (primary N) is 1. The van der Waals surface area contributed by atoms with Gasteiger partial charge >= 0.3 is 0 Å². The zero-order chi connectivity index (χ0) is 26.4. The lowest BCUT2D eigenvalue weighted by atomic mass is 9.97. The molecule has 8 nitrogen and oxygen atoms in total. The average molecular weight is 516 g/mol. The molecule has 0 unspecified atom stereocenters. The Kier molecular flexibility index (Phi) is 6.11. The zero-order valence-corrected chi connectivity index (χ0v) is 21.8. The number of nitrogens with one attached hydrogen (secondary N) is 1. The number of nitrogens with zero attached hydrogens (tertiary/aromatic N) is 3. The molecule has 1 atom stereocenters. The topological polar surface area (TPSA) is 118 Å². The zero-order valence-electron chi connectivity index (χ0n) is 21.0. The van der Waals surface area contributed by atoms with Crippen LogP contribution in [0.3, 0.4) is 0 Å². The van der Waals surface area contributed by atoms with Crippen molar-refractivity contribution < 1.29 is 13.2 Å². The summed E-state index contributed by atoms with van der Waals surface area (Å²) in [6.07, 6.45) is 2.31. The summed E-state index contributed by atoms with van der Waals surface area (Å²) >= 11 is 0. The minimum absolute atomic E-state index is 0.178. The number of amides is 1. The largest absolute Gasteiger partial charge is 0.383 e. The van der Waals surface area contributed by atoms with Crippen molar-refractivity contribution in [2.45, 2.75) is 37.6 Å². The molecule has 0 bridgehead atoms. The molecule has 0 radical (unpaired) electrons. The minimum Gasteiger partial charge on any atom is -0.383 e. The van der Waals surface area contributed by atoms with Crippen LogP contribution >= 0.6 is 0 Å². The molecule has 2 aromatic heterocycles. The first-order valence-corrected chi connectivity index (χ1v) is 13.6. The van der Waals surface area contributed by atoms with Gasteiger partial charge in [-0.25, -0.2) is 23.1 Å². The van der Waals surface area contributed by atoms with Crippen LogP contribution in [-0.2, 0) is 10.0 Å². The van der Waals surface area contributed by atoms with Crippen molar-refractivity contribution in [2.24, 2.45) is 5.92 Å². The number of rotatable bonds is 5. The van der Waals surface area contributed by atoms with E-state index in [-0.39, 0.29) is 21.8 Å². The molecule has 1 aliphatic rings. The van der Waals surface area contributed by atoms with Crippen LogP contribution in [0.1, 0.15) is 37.6 Å². The molecule has 2 aromatic carbocycles. The highest BCUT2D eigenvalue weighted by atomic mass is 32.2. The van der Waals surface area contributed by atoms with Crippen LogP contribution in [0.2, 0.25) is 0 Å². The lowest BCUT2D eigenvalue weighted by Gasteiger charge is -2.34. The normalized spacial score (nSPS) is 17.2. The summed E-state index contributed by atoms with van der Waals surface area (Å²) in [6.45, 7) is 7.07. The van der Waals surface area contributed by atoms with Crippen LogP contribution < -0.4 is 15.4 Å². The molecule has 4 aromatic rings. The number of nitrogen functional groups attached to an aromatic ring is 1. The summed E-state index contributed by atoms with van der Waals surface area (Å²) < 4.78 is 28.2. The second-order valence-electron chi connectivity index (χ2n) is 10.1. The van der Waals surface area contributed by atoms with Gasteiger partial charge < -0.3 is 10.6 Å². The maximum Gasteiger partial charge on any atom is 0.268 e. The predicted octanol–water partition coefficient (Wildman–Crippen LogP) is 4.62. The minimum atomic E-state index is -4.24.